The van der Waals surface area contributed by atoms with Gasteiger partial charge in [-0.25, -0.2) is 0 Å². The molecule has 1 amide bonds. The van der Waals surface area contributed by atoms with Gasteiger partial charge in [-0.3, -0.25) is 9.78 Å². The Hall–Kier alpha value is -2.94. The summed E-state index contributed by atoms with van der Waals surface area (Å²) in [5.41, 5.74) is 0.633. The second-order valence-corrected chi connectivity index (χ2v) is 8.62. The second kappa shape index (κ2) is 9.51. The minimum absolute atomic E-state index is 0.0762. The molecule has 6 nitrogen and oxygen atoms in total. The van der Waals surface area contributed by atoms with Crippen molar-refractivity contribution in [2.24, 2.45) is 5.92 Å². The predicted octanol–water partition coefficient (Wildman–Crippen LogP) is 5.21. The van der Waals surface area contributed by atoms with E-state index < -0.39 is 11.7 Å². The fourth-order valence-electron chi connectivity index (χ4n) is 4.35. The lowest BCUT2D eigenvalue weighted by Crippen LogP contribution is -2.48. The van der Waals surface area contributed by atoms with E-state index in [4.69, 9.17) is 11.6 Å². The number of piperidine rings is 1. The van der Waals surface area contributed by atoms with Crippen molar-refractivity contribution in [3.05, 3.63) is 70.8 Å². The molecule has 3 aromatic rings. The zero-order valence-electron chi connectivity index (χ0n) is 18.0. The standard InChI is InChI=1S/C23H23ClF3N5O/c1-15-4-3-13-31(20(15)10-9-17-8-7-16(14-28-17)23(25,26)27)22(33)18-5-2-6-19(24)21(18)32-29-11-12-30-32/h2,5-8,11-12,14-15,20H,3-4,9-10,13H2,1H3/t15-,20-/m1/s1. The number of aryl methyl sites for hydroxylation is 1. The molecule has 10 heteroatoms. The summed E-state index contributed by atoms with van der Waals surface area (Å²) in [4.78, 5) is 20.8. The highest BCUT2D eigenvalue weighted by Crippen LogP contribution is 2.32. The maximum absolute atomic E-state index is 13.6. The third-order valence-electron chi connectivity index (χ3n) is 6.06. The number of carbonyl (C=O) groups is 1. The van der Waals surface area contributed by atoms with E-state index in [1.54, 1.807) is 18.2 Å². The number of nitrogens with zero attached hydrogens (tertiary/aromatic N) is 5. The zero-order chi connectivity index (χ0) is 23.6. The number of halogens is 4. The van der Waals surface area contributed by atoms with E-state index >= 15 is 0 Å². The number of amides is 1. The molecule has 0 spiro atoms. The maximum Gasteiger partial charge on any atom is 0.417 e. The maximum atomic E-state index is 13.6. The molecule has 0 unspecified atom stereocenters. The first kappa shape index (κ1) is 23.2. The first-order chi connectivity index (χ1) is 15.8. The van der Waals surface area contributed by atoms with Crippen molar-refractivity contribution in [3.63, 3.8) is 0 Å². The molecule has 3 heterocycles. The molecule has 4 rings (SSSR count). The van der Waals surface area contributed by atoms with Gasteiger partial charge in [0.05, 0.1) is 28.5 Å². The van der Waals surface area contributed by atoms with E-state index in [2.05, 4.69) is 22.1 Å². The van der Waals surface area contributed by atoms with Crippen LogP contribution in [0.2, 0.25) is 5.02 Å². The molecular weight excluding hydrogens is 455 g/mol. The molecule has 0 radical (unpaired) electrons. The lowest BCUT2D eigenvalue weighted by Gasteiger charge is -2.40. The molecule has 1 aromatic carbocycles. The normalized spacial score (nSPS) is 19.0. The van der Waals surface area contributed by atoms with Crippen LogP contribution in [0, 0.1) is 5.92 Å². The minimum Gasteiger partial charge on any atom is -0.335 e. The molecule has 0 bridgehead atoms. The van der Waals surface area contributed by atoms with Crippen molar-refractivity contribution < 1.29 is 18.0 Å². The van der Waals surface area contributed by atoms with Crippen molar-refractivity contribution in [2.75, 3.05) is 6.54 Å². The van der Waals surface area contributed by atoms with Crippen molar-refractivity contribution in [1.82, 2.24) is 24.9 Å². The van der Waals surface area contributed by atoms with Gasteiger partial charge < -0.3 is 4.90 Å². The number of hydrogen-bond donors (Lipinski definition) is 0. The number of carbonyl (C=O) groups excluding carboxylic acids is 1. The fraction of sp³-hybridized carbons (Fsp3) is 0.391. The van der Waals surface area contributed by atoms with Gasteiger partial charge in [-0.2, -0.15) is 23.4 Å². The lowest BCUT2D eigenvalue weighted by atomic mass is 9.87. The molecular formula is C23H23ClF3N5O. The van der Waals surface area contributed by atoms with Gasteiger partial charge >= 0.3 is 6.18 Å². The van der Waals surface area contributed by atoms with Crippen LogP contribution in [0.25, 0.3) is 5.69 Å². The quantitative estimate of drug-likeness (QED) is 0.506. The van der Waals surface area contributed by atoms with E-state index in [1.807, 2.05) is 4.90 Å². The number of pyridine rings is 1. The number of benzene rings is 1. The summed E-state index contributed by atoms with van der Waals surface area (Å²) in [5.74, 6) is 0.0735. The fourth-order valence-corrected chi connectivity index (χ4v) is 4.60. The molecule has 0 saturated carbocycles. The monoisotopic (exact) mass is 477 g/mol. The van der Waals surface area contributed by atoms with E-state index in [-0.39, 0.29) is 17.9 Å². The highest BCUT2D eigenvalue weighted by molar-refractivity contribution is 6.33. The van der Waals surface area contributed by atoms with E-state index in [0.29, 0.717) is 41.4 Å². The Bertz CT molecular complexity index is 1100. The van der Waals surface area contributed by atoms with Gasteiger partial charge in [0.15, 0.2) is 0 Å². The van der Waals surface area contributed by atoms with Gasteiger partial charge in [-0.15, -0.1) is 4.80 Å². The molecule has 2 atom stereocenters. The highest BCUT2D eigenvalue weighted by atomic mass is 35.5. The van der Waals surface area contributed by atoms with Crippen molar-refractivity contribution in [1.29, 1.82) is 0 Å². The Kier molecular flexibility index (Phi) is 6.69. The largest absolute Gasteiger partial charge is 0.417 e. The van der Waals surface area contributed by atoms with Gasteiger partial charge in [0.25, 0.3) is 5.91 Å². The lowest BCUT2D eigenvalue weighted by molar-refractivity contribution is -0.137. The highest BCUT2D eigenvalue weighted by Gasteiger charge is 2.34. The molecule has 33 heavy (non-hydrogen) atoms. The van der Waals surface area contributed by atoms with Crippen molar-refractivity contribution in [3.8, 4) is 5.69 Å². The van der Waals surface area contributed by atoms with Crippen LogP contribution in [0.15, 0.2) is 48.9 Å². The summed E-state index contributed by atoms with van der Waals surface area (Å²) in [6.45, 7) is 2.69. The molecule has 2 aromatic heterocycles. The number of para-hydroxylation sites is 1. The number of alkyl halides is 3. The average Bonchev–Trinajstić information content (AvgIpc) is 3.31. The van der Waals surface area contributed by atoms with Crippen LogP contribution >= 0.6 is 11.6 Å². The third kappa shape index (κ3) is 5.03. The second-order valence-electron chi connectivity index (χ2n) is 8.21. The molecule has 1 aliphatic heterocycles. The average molecular weight is 478 g/mol. The van der Waals surface area contributed by atoms with E-state index in [0.717, 1.165) is 25.1 Å². The number of hydrogen-bond acceptors (Lipinski definition) is 4. The minimum atomic E-state index is -4.41. The summed E-state index contributed by atoms with van der Waals surface area (Å²) < 4.78 is 38.4. The first-order valence-electron chi connectivity index (χ1n) is 10.7. The number of likely N-dealkylation sites (tertiary alicyclic amines) is 1. The number of rotatable bonds is 5. The molecule has 0 aliphatic carbocycles. The smallest absolute Gasteiger partial charge is 0.335 e. The Morgan fingerprint density at radius 2 is 1.94 bits per heavy atom. The predicted molar refractivity (Wildman–Crippen MR) is 117 cm³/mol. The molecule has 1 saturated heterocycles. The summed E-state index contributed by atoms with van der Waals surface area (Å²) in [7, 11) is 0. The van der Waals surface area contributed by atoms with Crippen LogP contribution in [0.5, 0.6) is 0 Å². The summed E-state index contributed by atoms with van der Waals surface area (Å²) in [6, 6.07) is 7.49. The van der Waals surface area contributed by atoms with Gasteiger partial charge in [-0.05, 0) is 55.9 Å². The van der Waals surface area contributed by atoms with Gasteiger partial charge in [0, 0.05) is 24.5 Å². The molecule has 1 aliphatic rings. The molecule has 1 fully saturated rings. The van der Waals surface area contributed by atoms with Gasteiger partial charge in [0.2, 0.25) is 0 Å². The van der Waals surface area contributed by atoms with Crippen LogP contribution in [0.4, 0.5) is 13.2 Å². The van der Waals surface area contributed by atoms with E-state index in [1.165, 1.54) is 23.3 Å². The topological polar surface area (TPSA) is 63.9 Å². The molecule has 0 N–H and O–H groups in total. The summed E-state index contributed by atoms with van der Waals surface area (Å²) >= 11 is 6.39. The Labute approximate surface area is 194 Å². The first-order valence-corrected chi connectivity index (χ1v) is 11.1. The van der Waals surface area contributed by atoms with Crippen LogP contribution in [-0.2, 0) is 12.6 Å². The summed E-state index contributed by atoms with van der Waals surface area (Å²) in [5, 5.41) is 8.63. The van der Waals surface area contributed by atoms with E-state index in [9.17, 15) is 18.0 Å². The van der Waals surface area contributed by atoms with Gasteiger partial charge in [-0.1, -0.05) is 24.6 Å². The SMILES string of the molecule is C[C@@H]1CCCN(C(=O)c2cccc(Cl)c2-n2nccn2)[C@@H]1CCc1ccc(C(F)(F)F)cn1. The van der Waals surface area contributed by atoms with Crippen LogP contribution in [0.3, 0.4) is 0 Å². The van der Waals surface area contributed by atoms with Crippen LogP contribution in [-0.4, -0.2) is 43.4 Å². The van der Waals surface area contributed by atoms with Gasteiger partial charge in [0.1, 0.15) is 5.69 Å². The third-order valence-corrected chi connectivity index (χ3v) is 6.37. The zero-order valence-corrected chi connectivity index (χ0v) is 18.7. The summed E-state index contributed by atoms with van der Waals surface area (Å²) in [6.07, 6.45) is 2.39. The Morgan fingerprint density at radius 1 is 1.18 bits per heavy atom. The Balaban J connectivity index is 1.56. The Morgan fingerprint density at radius 3 is 2.61 bits per heavy atom. The van der Waals surface area contributed by atoms with Crippen LogP contribution < -0.4 is 0 Å². The van der Waals surface area contributed by atoms with Crippen molar-refractivity contribution >= 4 is 17.5 Å². The van der Waals surface area contributed by atoms with Crippen LogP contribution in [0.1, 0.15) is 47.8 Å². The van der Waals surface area contributed by atoms with Crippen molar-refractivity contribution in [2.45, 2.75) is 44.8 Å². The molecule has 174 valence electrons. The number of aromatic nitrogens is 4.